The summed E-state index contributed by atoms with van der Waals surface area (Å²) in [6.45, 7) is 2.14. The van der Waals surface area contributed by atoms with Gasteiger partial charge in [-0.15, -0.1) is 0 Å². The van der Waals surface area contributed by atoms with Crippen LogP contribution in [-0.2, 0) is 12.7 Å². The lowest BCUT2D eigenvalue weighted by molar-refractivity contribution is -0.137. The number of rotatable bonds is 6. The summed E-state index contributed by atoms with van der Waals surface area (Å²) in [6, 6.07) is 10.7. The molecule has 0 aliphatic carbocycles. The SMILES string of the molecule is CC(CNc1cc(=O)c2ccccc2[nH]1)NCc1cc(C(F)(F)F)ccc1F. The molecule has 28 heavy (non-hydrogen) atoms. The molecular weight excluding hydrogens is 374 g/mol. The molecule has 0 saturated heterocycles. The number of pyridine rings is 1. The Balaban J connectivity index is 1.61. The molecule has 0 spiro atoms. The fourth-order valence-corrected chi connectivity index (χ4v) is 2.80. The largest absolute Gasteiger partial charge is 0.416 e. The summed E-state index contributed by atoms with van der Waals surface area (Å²) in [4.78, 5) is 15.2. The lowest BCUT2D eigenvalue weighted by Gasteiger charge is -2.17. The van der Waals surface area contributed by atoms with Crippen LogP contribution in [0.5, 0.6) is 0 Å². The molecule has 0 fully saturated rings. The molecular formula is C20H19F4N3O. The maximum absolute atomic E-state index is 13.8. The molecule has 8 heteroatoms. The van der Waals surface area contributed by atoms with E-state index in [1.165, 1.54) is 6.07 Å². The lowest BCUT2D eigenvalue weighted by atomic mass is 10.1. The van der Waals surface area contributed by atoms with Crippen molar-refractivity contribution in [3.63, 3.8) is 0 Å². The number of benzene rings is 2. The maximum Gasteiger partial charge on any atom is 0.416 e. The van der Waals surface area contributed by atoms with E-state index < -0.39 is 17.6 Å². The van der Waals surface area contributed by atoms with Crippen molar-refractivity contribution < 1.29 is 17.6 Å². The van der Waals surface area contributed by atoms with E-state index in [0.29, 0.717) is 23.3 Å². The van der Waals surface area contributed by atoms with E-state index in [9.17, 15) is 22.4 Å². The molecule has 0 radical (unpaired) electrons. The van der Waals surface area contributed by atoms with Crippen LogP contribution in [-0.4, -0.2) is 17.6 Å². The highest BCUT2D eigenvalue weighted by Gasteiger charge is 2.31. The van der Waals surface area contributed by atoms with E-state index in [4.69, 9.17) is 0 Å². The van der Waals surface area contributed by atoms with Gasteiger partial charge in [0.1, 0.15) is 11.6 Å². The second kappa shape index (κ2) is 8.02. The van der Waals surface area contributed by atoms with Gasteiger partial charge in [-0.25, -0.2) is 4.39 Å². The van der Waals surface area contributed by atoms with Gasteiger partial charge in [0.25, 0.3) is 0 Å². The summed E-state index contributed by atoms with van der Waals surface area (Å²) < 4.78 is 52.1. The molecule has 148 valence electrons. The number of fused-ring (bicyclic) bond motifs is 1. The summed E-state index contributed by atoms with van der Waals surface area (Å²) in [7, 11) is 0. The first-order chi connectivity index (χ1) is 13.2. The maximum atomic E-state index is 13.8. The molecule has 3 aromatic rings. The fraction of sp³-hybridized carbons (Fsp3) is 0.250. The fourth-order valence-electron chi connectivity index (χ4n) is 2.80. The number of aromatic amines is 1. The van der Waals surface area contributed by atoms with E-state index in [1.807, 2.05) is 6.07 Å². The monoisotopic (exact) mass is 393 g/mol. The Morgan fingerprint density at radius 1 is 1.11 bits per heavy atom. The van der Waals surface area contributed by atoms with Gasteiger partial charge < -0.3 is 15.6 Å². The lowest BCUT2D eigenvalue weighted by Crippen LogP contribution is -2.33. The second-order valence-corrected chi connectivity index (χ2v) is 6.56. The van der Waals surface area contributed by atoms with Crippen molar-refractivity contribution in [2.24, 2.45) is 0 Å². The molecule has 0 saturated carbocycles. The van der Waals surface area contributed by atoms with E-state index >= 15 is 0 Å². The number of halogens is 4. The van der Waals surface area contributed by atoms with Crippen LogP contribution in [0.25, 0.3) is 10.9 Å². The van der Waals surface area contributed by atoms with Crippen molar-refractivity contribution in [3.05, 3.63) is 75.7 Å². The Labute approximate surface area is 158 Å². The highest BCUT2D eigenvalue weighted by atomic mass is 19.4. The number of H-pyrrole nitrogens is 1. The highest BCUT2D eigenvalue weighted by molar-refractivity contribution is 5.79. The summed E-state index contributed by atoms with van der Waals surface area (Å²) in [5, 5.41) is 6.63. The number of nitrogens with one attached hydrogen (secondary N) is 3. The van der Waals surface area contributed by atoms with Gasteiger partial charge in [-0.05, 0) is 37.3 Å². The third-order valence-electron chi connectivity index (χ3n) is 4.35. The average Bonchev–Trinajstić information content (AvgIpc) is 2.65. The first kappa shape index (κ1) is 19.9. The van der Waals surface area contributed by atoms with Crippen LogP contribution in [0, 0.1) is 5.82 Å². The summed E-state index contributed by atoms with van der Waals surface area (Å²) in [6.07, 6.45) is -4.52. The molecule has 1 unspecified atom stereocenters. The van der Waals surface area contributed by atoms with Crippen LogP contribution in [0.3, 0.4) is 0 Å². The van der Waals surface area contributed by atoms with E-state index in [1.54, 1.807) is 25.1 Å². The summed E-state index contributed by atoms with van der Waals surface area (Å²) >= 11 is 0. The third kappa shape index (κ3) is 4.69. The Morgan fingerprint density at radius 3 is 2.61 bits per heavy atom. The molecule has 0 aliphatic rings. The molecule has 2 aromatic carbocycles. The van der Waals surface area contributed by atoms with Crippen molar-refractivity contribution >= 4 is 16.7 Å². The zero-order valence-electron chi connectivity index (χ0n) is 15.0. The van der Waals surface area contributed by atoms with Gasteiger partial charge in [0.2, 0.25) is 0 Å². The molecule has 0 amide bonds. The average molecular weight is 393 g/mol. The van der Waals surface area contributed by atoms with Crippen molar-refractivity contribution in [2.45, 2.75) is 25.7 Å². The first-order valence-electron chi connectivity index (χ1n) is 8.69. The molecule has 3 N–H and O–H groups in total. The number of anilines is 1. The predicted octanol–water partition coefficient (Wildman–Crippen LogP) is 4.28. The number of para-hydroxylation sites is 1. The van der Waals surface area contributed by atoms with Gasteiger partial charge in [0.15, 0.2) is 5.43 Å². The Bertz CT molecular complexity index is 1030. The Kier molecular flexibility index (Phi) is 5.69. The van der Waals surface area contributed by atoms with Gasteiger partial charge in [0, 0.05) is 36.1 Å². The summed E-state index contributed by atoms with van der Waals surface area (Å²) in [5.41, 5.74) is -0.362. The molecule has 1 heterocycles. The number of hydrogen-bond acceptors (Lipinski definition) is 3. The molecule has 0 bridgehead atoms. The minimum absolute atomic E-state index is 0.0488. The number of aromatic nitrogens is 1. The molecule has 3 rings (SSSR count). The number of alkyl halides is 3. The molecule has 4 nitrogen and oxygen atoms in total. The van der Waals surface area contributed by atoms with E-state index in [-0.39, 0.29) is 23.6 Å². The zero-order chi connectivity index (χ0) is 20.3. The van der Waals surface area contributed by atoms with Crippen molar-refractivity contribution in [1.29, 1.82) is 0 Å². The highest BCUT2D eigenvalue weighted by Crippen LogP contribution is 2.30. The van der Waals surface area contributed by atoms with Gasteiger partial charge in [0.05, 0.1) is 11.1 Å². The zero-order valence-corrected chi connectivity index (χ0v) is 15.0. The third-order valence-corrected chi connectivity index (χ3v) is 4.35. The second-order valence-electron chi connectivity index (χ2n) is 6.56. The quantitative estimate of drug-likeness (QED) is 0.548. The van der Waals surface area contributed by atoms with Crippen molar-refractivity contribution in [2.75, 3.05) is 11.9 Å². The first-order valence-corrected chi connectivity index (χ1v) is 8.69. The van der Waals surface area contributed by atoms with Crippen molar-refractivity contribution in [1.82, 2.24) is 10.3 Å². The van der Waals surface area contributed by atoms with Gasteiger partial charge in [-0.1, -0.05) is 12.1 Å². The van der Waals surface area contributed by atoms with Crippen LogP contribution in [0.2, 0.25) is 0 Å². The summed E-state index contributed by atoms with van der Waals surface area (Å²) in [5.74, 6) is -0.165. The van der Waals surface area contributed by atoms with Crippen LogP contribution in [0.4, 0.5) is 23.4 Å². The molecule has 1 aromatic heterocycles. The van der Waals surface area contributed by atoms with Crippen LogP contribution in [0.1, 0.15) is 18.1 Å². The minimum Gasteiger partial charge on any atom is -0.370 e. The molecule has 0 aliphatic heterocycles. The predicted molar refractivity (Wildman–Crippen MR) is 101 cm³/mol. The molecule has 1 atom stereocenters. The van der Waals surface area contributed by atoms with Crippen LogP contribution in [0.15, 0.2) is 53.3 Å². The van der Waals surface area contributed by atoms with Gasteiger partial charge in [-0.2, -0.15) is 13.2 Å². The Morgan fingerprint density at radius 2 is 1.86 bits per heavy atom. The number of hydrogen-bond donors (Lipinski definition) is 3. The smallest absolute Gasteiger partial charge is 0.370 e. The Hall–Kier alpha value is -2.87. The normalized spacial score (nSPS) is 12.9. The van der Waals surface area contributed by atoms with Crippen LogP contribution >= 0.6 is 0 Å². The minimum atomic E-state index is -4.52. The van der Waals surface area contributed by atoms with Gasteiger partial charge in [-0.3, -0.25) is 4.79 Å². The van der Waals surface area contributed by atoms with Gasteiger partial charge >= 0.3 is 6.18 Å². The van der Waals surface area contributed by atoms with E-state index in [0.717, 1.165) is 18.2 Å². The van der Waals surface area contributed by atoms with Crippen molar-refractivity contribution in [3.8, 4) is 0 Å². The standard InChI is InChI=1S/C20H19F4N3O/c1-12(25-11-13-8-14(20(22,23)24)6-7-16(13)21)10-26-19-9-18(28)15-4-2-3-5-17(15)27-19/h2-9,12,25H,10-11H2,1H3,(H2,26,27,28). The topological polar surface area (TPSA) is 56.9 Å². The van der Waals surface area contributed by atoms with Crippen LogP contribution < -0.4 is 16.1 Å². The van der Waals surface area contributed by atoms with E-state index in [2.05, 4.69) is 15.6 Å².